The van der Waals surface area contributed by atoms with E-state index in [4.69, 9.17) is 4.74 Å². The largest absolute Gasteiger partial charge is 0.381 e. The molecule has 2 aliphatic rings. The standard InChI is InChI=1S/C14H25NO2S/c1-2-18-13-8-4-3-7-12(13)15-14(16)11-6-5-9-17-10-11/h11-13H,2-10H2,1H3,(H,15,16)/t11-,12+,13+/m0/s1. The zero-order chi connectivity index (χ0) is 12.8. The SMILES string of the molecule is CCS[C@@H]1CCCC[C@H]1NC(=O)[C@H]1CCCOC1. The Morgan fingerprint density at radius 1 is 1.28 bits per heavy atom. The van der Waals surface area contributed by atoms with Crippen molar-refractivity contribution in [3.8, 4) is 0 Å². The maximum absolute atomic E-state index is 12.2. The zero-order valence-electron chi connectivity index (χ0n) is 11.3. The fourth-order valence-corrected chi connectivity index (χ4v) is 4.12. The molecule has 1 heterocycles. The van der Waals surface area contributed by atoms with Crippen LogP contribution >= 0.6 is 11.8 Å². The molecular formula is C14H25NO2S. The average molecular weight is 271 g/mol. The lowest BCUT2D eigenvalue weighted by Gasteiger charge is -2.33. The summed E-state index contributed by atoms with van der Waals surface area (Å²) in [6.45, 7) is 3.64. The van der Waals surface area contributed by atoms with Gasteiger partial charge in [0.2, 0.25) is 5.91 Å². The van der Waals surface area contributed by atoms with Crippen molar-refractivity contribution in [1.29, 1.82) is 0 Å². The van der Waals surface area contributed by atoms with Gasteiger partial charge in [-0.3, -0.25) is 4.79 Å². The van der Waals surface area contributed by atoms with Crippen LogP contribution in [0.5, 0.6) is 0 Å². The maximum atomic E-state index is 12.2. The minimum atomic E-state index is 0.0907. The Morgan fingerprint density at radius 2 is 2.11 bits per heavy atom. The summed E-state index contributed by atoms with van der Waals surface area (Å²) in [4.78, 5) is 12.2. The summed E-state index contributed by atoms with van der Waals surface area (Å²) >= 11 is 2.00. The van der Waals surface area contributed by atoms with E-state index in [0.717, 1.165) is 31.6 Å². The summed E-state index contributed by atoms with van der Waals surface area (Å²) in [6, 6.07) is 0.387. The topological polar surface area (TPSA) is 38.3 Å². The van der Waals surface area contributed by atoms with Crippen LogP contribution < -0.4 is 5.32 Å². The number of nitrogens with one attached hydrogen (secondary N) is 1. The van der Waals surface area contributed by atoms with Crippen LogP contribution in [0.2, 0.25) is 0 Å². The van der Waals surface area contributed by atoms with E-state index >= 15 is 0 Å². The van der Waals surface area contributed by atoms with E-state index in [9.17, 15) is 4.79 Å². The lowest BCUT2D eigenvalue weighted by Crippen LogP contribution is -2.47. The molecule has 0 radical (unpaired) electrons. The molecule has 0 aromatic carbocycles. The van der Waals surface area contributed by atoms with Crippen molar-refractivity contribution in [3.63, 3.8) is 0 Å². The predicted molar refractivity (Wildman–Crippen MR) is 75.9 cm³/mol. The first kappa shape index (κ1) is 14.2. The molecule has 0 unspecified atom stereocenters. The Kier molecular flexibility index (Phi) is 5.83. The molecule has 1 N–H and O–H groups in total. The molecule has 4 heteroatoms. The van der Waals surface area contributed by atoms with Gasteiger partial charge >= 0.3 is 0 Å². The molecule has 18 heavy (non-hydrogen) atoms. The second-order valence-electron chi connectivity index (χ2n) is 5.31. The average Bonchev–Trinajstić information content (AvgIpc) is 2.42. The fourth-order valence-electron chi connectivity index (χ4n) is 2.92. The van der Waals surface area contributed by atoms with Gasteiger partial charge in [-0.15, -0.1) is 0 Å². The van der Waals surface area contributed by atoms with Crippen molar-refractivity contribution >= 4 is 17.7 Å². The quantitative estimate of drug-likeness (QED) is 0.854. The van der Waals surface area contributed by atoms with Crippen LogP contribution in [-0.2, 0) is 9.53 Å². The van der Waals surface area contributed by atoms with E-state index in [1.165, 1.54) is 19.3 Å². The maximum Gasteiger partial charge on any atom is 0.225 e. The summed E-state index contributed by atoms with van der Waals surface area (Å²) in [5.74, 6) is 1.46. The van der Waals surface area contributed by atoms with E-state index in [2.05, 4.69) is 12.2 Å². The molecule has 2 fully saturated rings. The fraction of sp³-hybridized carbons (Fsp3) is 0.929. The normalized spacial score (nSPS) is 33.1. The summed E-state index contributed by atoms with van der Waals surface area (Å²) < 4.78 is 5.40. The minimum Gasteiger partial charge on any atom is -0.381 e. The molecule has 3 atom stereocenters. The van der Waals surface area contributed by atoms with Crippen molar-refractivity contribution in [3.05, 3.63) is 0 Å². The number of ether oxygens (including phenoxy) is 1. The van der Waals surface area contributed by atoms with E-state index in [1.54, 1.807) is 0 Å². The summed E-state index contributed by atoms with van der Waals surface area (Å²) in [6.07, 6.45) is 6.99. The molecule has 1 aliphatic carbocycles. The van der Waals surface area contributed by atoms with Gasteiger partial charge in [0.25, 0.3) is 0 Å². The van der Waals surface area contributed by atoms with Crippen LogP contribution in [0.1, 0.15) is 45.4 Å². The van der Waals surface area contributed by atoms with Crippen LogP contribution in [-0.4, -0.2) is 36.2 Å². The van der Waals surface area contributed by atoms with Crippen molar-refractivity contribution in [2.75, 3.05) is 19.0 Å². The molecule has 3 nitrogen and oxygen atoms in total. The van der Waals surface area contributed by atoms with Gasteiger partial charge in [-0.05, 0) is 31.4 Å². The van der Waals surface area contributed by atoms with Gasteiger partial charge in [0.05, 0.1) is 12.5 Å². The lowest BCUT2D eigenvalue weighted by molar-refractivity contribution is -0.129. The number of carbonyl (C=O) groups excluding carboxylic acids is 1. The van der Waals surface area contributed by atoms with Crippen LogP contribution in [0, 0.1) is 5.92 Å². The summed E-state index contributed by atoms with van der Waals surface area (Å²) in [5, 5.41) is 3.91. The van der Waals surface area contributed by atoms with Gasteiger partial charge in [0, 0.05) is 17.9 Å². The molecule has 1 amide bonds. The molecule has 0 bridgehead atoms. The van der Waals surface area contributed by atoms with Gasteiger partial charge < -0.3 is 10.1 Å². The molecular weight excluding hydrogens is 246 g/mol. The van der Waals surface area contributed by atoms with E-state index < -0.39 is 0 Å². The Bertz CT molecular complexity index is 265. The molecule has 0 aromatic heterocycles. The Morgan fingerprint density at radius 3 is 2.83 bits per heavy atom. The number of carbonyl (C=O) groups is 1. The van der Waals surface area contributed by atoms with Crippen LogP contribution in [0.25, 0.3) is 0 Å². The molecule has 1 saturated heterocycles. The third-order valence-corrected chi connectivity index (χ3v) is 5.27. The van der Waals surface area contributed by atoms with Gasteiger partial charge in [-0.2, -0.15) is 11.8 Å². The predicted octanol–water partition coefficient (Wildman–Crippen LogP) is 2.59. The monoisotopic (exact) mass is 271 g/mol. The highest BCUT2D eigenvalue weighted by Gasteiger charge is 2.29. The molecule has 2 rings (SSSR count). The van der Waals surface area contributed by atoms with Crippen molar-refractivity contribution in [1.82, 2.24) is 5.32 Å². The highest BCUT2D eigenvalue weighted by Crippen LogP contribution is 2.29. The Balaban J connectivity index is 1.83. The molecule has 104 valence electrons. The second kappa shape index (κ2) is 7.39. The van der Waals surface area contributed by atoms with Crippen LogP contribution in [0.4, 0.5) is 0 Å². The van der Waals surface area contributed by atoms with Gasteiger partial charge in [0.1, 0.15) is 0 Å². The second-order valence-corrected chi connectivity index (χ2v) is 6.82. The zero-order valence-corrected chi connectivity index (χ0v) is 12.1. The third kappa shape index (κ3) is 3.89. The molecule has 1 saturated carbocycles. The molecule has 0 spiro atoms. The van der Waals surface area contributed by atoms with Crippen LogP contribution in [0.15, 0.2) is 0 Å². The van der Waals surface area contributed by atoms with Crippen molar-refractivity contribution in [2.45, 2.75) is 56.7 Å². The van der Waals surface area contributed by atoms with Gasteiger partial charge in [-0.1, -0.05) is 19.8 Å². The number of rotatable bonds is 4. The number of amides is 1. The number of thioether (sulfide) groups is 1. The summed E-state index contributed by atoms with van der Waals surface area (Å²) in [7, 11) is 0. The first-order chi connectivity index (χ1) is 8.81. The number of hydrogen-bond donors (Lipinski definition) is 1. The van der Waals surface area contributed by atoms with E-state index in [0.29, 0.717) is 17.9 Å². The first-order valence-electron chi connectivity index (χ1n) is 7.31. The first-order valence-corrected chi connectivity index (χ1v) is 8.36. The third-order valence-electron chi connectivity index (χ3n) is 3.94. The number of hydrogen-bond acceptors (Lipinski definition) is 3. The highest BCUT2D eigenvalue weighted by molar-refractivity contribution is 7.99. The Hall–Kier alpha value is -0.220. The van der Waals surface area contributed by atoms with Gasteiger partial charge in [0.15, 0.2) is 0 Å². The molecule has 1 aliphatic heterocycles. The lowest BCUT2D eigenvalue weighted by atomic mass is 9.93. The highest BCUT2D eigenvalue weighted by atomic mass is 32.2. The van der Waals surface area contributed by atoms with Crippen molar-refractivity contribution < 1.29 is 9.53 Å². The summed E-state index contributed by atoms with van der Waals surface area (Å²) in [5.41, 5.74) is 0. The smallest absolute Gasteiger partial charge is 0.225 e. The van der Waals surface area contributed by atoms with Crippen molar-refractivity contribution in [2.24, 2.45) is 5.92 Å². The van der Waals surface area contributed by atoms with E-state index in [1.807, 2.05) is 11.8 Å². The Labute approximate surface area is 114 Å². The van der Waals surface area contributed by atoms with E-state index in [-0.39, 0.29) is 11.8 Å². The minimum absolute atomic E-state index is 0.0907. The van der Waals surface area contributed by atoms with Crippen LogP contribution in [0.3, 0.4) is 0 Å². The van der Waals surface area contributed by atoms with Gasteiger partial charge in [-0.25, -0.2) is 0 Å². The molecule has 0 aromatic rings.